The molecular formula is C14H21FN2O3. The zero-order valence-electron chi connectivity index (χ0n) is 11.6. The molecule has 0 aliphatic heterocycles. The number of aliphatic hydroxyl groups excluding tert-OH is 1. The zero-order valence-corrected chi connectivity index (χ0v) is 11.6. The van der Waals surface area contributed by atoms with Crippen LogP contribution in [0.15, 0.2) is 24.3 Å². The van der Waals surface area contributed by atoms with Gasteiger partial charge in [0.15, 0.2) is 0 Å². The number of rotatable bonds is 8. The molecule has 112 valence electrons. The summed E-state index contributed by atoms with van der Waals surface area (Å²) >= 11 is 0. The Morgan fingerprint density at radius 3 is 2.95 bits per heavy atom. The van der Waals surface area contributed by atoms with Gasteiger partial charge in [0.25, 0.3) is 0 Å². The molecule has 1 atom stereocenters. The van der Waals surface area contributed by atoms with Crippen LogP contribution in [0.5, 0.6) is 5.75 Å². The van der Waals surface area contributed by atoms with Crippen LogP contribution in [0, 0.1) is 5.82 Å². The van der Waals surface area contributed by atoms with Gasteiger partial charge >= 0.3 is 6.03 Å². The third kappa shape index (κ3) is 6.38. The first-order valence-corrected chi connectivity index (χ1v) is 6.69. The van der Waals surface area contributed by atoms with Gasteiger partial charge in [-0.15, -0.1) is 0 Å². The van der Waals surface area contributed by atoms with Gasteiger partial charge in [0.2, 0.25) is 0 Å². The van der Waals surface area contributed by atoms with E-state index in [9.17, 15) is 9.18 Å². The third-order valence-electron chi connectivity index (χ3n) is 2.76. The fourth-order valence-corrected chi connectivity index (χ4v) is 1.66. The highest BCUT2D eigenvalue weighted by Gasteiger charge is 2.08. The average Bonchev–Trinajstić information content (AvgIpc) is 2.43. The van der Waals surface area contributed by atoms with Crippen molar-refractivity contribution in [3.8, 4) is 5.75 Å². The second-order valence-corrected chi connectivity index (χ2v) is 4.32. The molecule has 1 rings (SSSR count). The summed E-state index contributed by atoms with van der Waals surface area (Å²) < 4.78 is 18.2. The van der Waals surface area contributed by atoms with E-state index in [2.05, 4.69) is 10.6 Å². The van der Waals surface area contributed by atoms with E-state index < -0.39 is 0 Å². The van der Waals surface area contributed by atoms with E-state index in [-0.39, 0.29) is 31.1 Å². The summed E-state index contributed by atoms with van der Waals surface area (Å²) in [5.74, 6) is 0.0712. The van der Waals surface area contributed by atoms with Crippen LogP contribution in [-0.2, 0) is 0 Å². The summed E-state index contributed by atoms with van der Waals surface area (Å²) in [7, 11) is 0. The molecule has 6 heteroatoms. The highest BCUT2D eigenvalue weighted by Crippen LogP contribution is 2.11. The monoisotopic (exact) mass is 284 g/mol. The van der Waals surface area contributed by atoms with Crippen LogP contribution in [0.4, 0.5) is 9.18 Å². The predicted octanol–water partition coefficient (Wildman–Crippen LogP) is 1.66. The molecule has 0 aromatic heterocycles. The maximum Gasteiger partial charge on any atom is 0.315 e. The van der Waals surface area contributed by atoms with E-state index in [1.807, 2.05) is 6.92 Å². The maximum atomic E-state index is 12.9. The summed E-state index contributed by atoms with van der Waals surface area (Å²) in [5.41, 5.74) is 0. The minimum absolute atomic E-state index is 0.0378. The average molecular weight is 284 g/mol. The van der Waals surface area contributed by atoms with E-state index in [0.717, 1.165) is 6.42 Å². The van der Waals surface area contributed by atoms with Gasteiger partial charge in [0.05, 0.1) is 6.54 Å². The van der Waals surface area contributed by atoms with Crippen molar-refractivity contribution in [3.05, 3.63) is 30.1 Å². The Morgan fingerprint density at radius 1 is 1.50 bits per heavy atom. The van der Waals surface area contributed by atoms with E-state index >= 15 is 0 Å². The minimum Gasteiger partial charge on any atom is -0.492 e. The molecule has 0 aliphatic carbocycles. The van der Waals surface area contributed by atoms with Crippen LogP contribution in [0.1, 0.15) is 19.8 Å². The molecule has 0 saturated heterocycles. The van der Waals surface area contributed by atoms with Gasteiger partial charge in [0.1, 0.15) is 18.2 Å². The van der Waals surface area contributed by atoms with Crippen LogP contribution in [0.3, 0.4) is 0 Å². The molecule has 0 radical (unpaired) electrons. The number of urea groups is 1. The van der Waals surface area contributed by atoms with Gasteiger partial charge in [-0.25, -0.2) is 9.18 Å². The number of carbonyl (C=O) groups is 1. The first-order chi connectivity index (χ1) is 9.65. The van der Waals surface area contributed by atoms with Crippen LogP contribution < -0.4 is 15.4 Å². The molecule has 3 N–H and O–H groups in total. The largest absolute Gasteiger partial charge is 0.492 e. The second-order valence-electron chi connectivity index (χ2n) is 4.32. The van der Waals surface area contributed by atoms with Crippen molar-refractivity contribution >= 4 is 6.03 Å². The Hall–Kier alpha value is -1.82. The highest BCUT2D eigenvalue weighted by molar-refractivity contribution is 5.74. The summed E-state index contributed by atoms with van der Waals surface area (Å²) in [4.78, 5) is 11.5. The summed E-state index contributed by atoms with van der Waals surface area (Å²) in [6.45, 7) is 2.56. The normalized spacial score (nSPS) is 11.8. The second kappa shape index (κ2) is 9.14. The maximum absolute atomic E-state index is 12.9. The van der Waals surface area contributed by atoms with Crippen molar-refractivity contribution in [2.75, 3.05) is 19.8 Å². The predicted molar refractivity (Wildman–Crippen MR) is 74.2 cm³/mol. The lowest BCUT2D eigenvalue weighted by molar-refractivity contribution is 0.224. The molecule has 2 amide bonds. The molecule has 1 aromatic carbocycles. The van der Waals surface area contributed by atoms with Crippen molar-refractivity contribution in [1.82, 2.24) is 10.6 Å². The minimum atomic E-state index is -0.358. The van der Waals surface area contributed by atoms with Gasteiger partial charge in [-0.05, 0) is 25.0 Å². The van der Waals surface area contributed by atoms with Crippen molar-refractivity contribution in [1.29, 1.82) is 0 Å². The molecule has 20 heavy (non-hydrogen) atoms. The van der Waals surface area contributed by atoms with Crippen molar-refractivity contribution < 1.29 is 19.0 Å². The van der Waals surface area contributed by atoms with Crippen LogP contribution in [0.2, 0.25) is 0 Å². The number of amides is 2. The standard InChI is InChI=1S/C14H21FN2O3/c1-2-12(6-8-18)17-14(19)16-7-9-20-13-5-3-4-11(15)10-13/h3-5,10,12,18H,2,6-9H2,1H3,(H2,16,17,19). The van der Waals surface area contributed by atoms with Crippen LogP contribution in [-0.4, -0.2) is 36.9 Å². The highest BCUT2D eigenvalue weighted by atomic mass is 19.1. The number of aliphatic hydroxyl groups is 1. The van der Waals surface area contributed by atoms with Gasteiger partial charge in [0, 0.05) is 18.7 Å². The van der Waals surface area contributed by atoms with Gasteiger partial charge < -0.3 is 20.5 Å². The molecule has 0 heterocycles. The molecule has 1 aromatic rings. The number of halogens is 1. The van der Waals surface area contributed by atoms with Gasteiger partial charge in [-0.2, -0.15) is 0 Å². The Balaban J connectivity index is 2.18. The number of hydrogen-bond acceptors (Lipinski definition) is 3. The van der Waals surface area contributed by atoms with Crippen molar-refractivity contribution in [2.24, 2.45) is 0 Å². The summed E-state index contributed by atoms with van der Waals surface area (Å²) in [6.07, 6.45) is 1.29. The molecule has 5 nitrogen and oxygen atoms in total. The van der Waals surface area contributed by atoms with Gasteiger partial charge in [-0.1, -0.05) is 13.0 Å². The lowest BCUT2D eigenvalue weighted by atomic mass is 10.2. The van der Waals surface area contributed by atoms with E-state index in [0.29, 0.717) is 18.7 Å². The lowest BCUT2D eigenvalue weighted by Crippen LogP contribution is -2.43. The quantitative estimate of drug-likeness (QED) is 0.636. The number of benzene rings is 1. The number of hydrogen-bond donors (Lipinski definition) is 3. The Bertz CT molecular complexity index is 415. The molecule has 0 bridgehead atoms. The molecular weight excluding hydrogens is 263 g/mol. The number of carbonyl (C=O) groups excluding carboxylic acids is 1. The topological polar surface area (TPSA) is 70.6 Å². The first-order valence-electron chi connectivity index (χ1n) is 6.69. The Kier molecular flexibility index (Phi) is 7.42. The number of ether oxygens (including phenoxy) is 1. The number of nitrogens with one attached hydrogen (secondary N) is 2. The fraction of sp³-hybridized carbons (Fsp3) is 0.500. The van der Waals surface area contributed by atoms with Crippen molar-refractivity contribution in [3.63, 3.8) is 0 Å². The summed E-state index contributed by atoms with van der Waals surface area (Å²) in [6, 6.07) is 5.50. The van der Waals surface area contributed by atoms with E-state index in [1.165, 1.54) is 12.1 Å². The lowest BCUT2D eigenvalue weighted by Gasteiger charge is -2.16. The Morgan fingerprint density at radius 2 is 2.30 bits per heavy atom. The SMILES string of the molecule is CCC(CCO)NC(=O)NCCOc1cccc(F)c1. The fourth-order valence-electron chi connectivity index (χ4n) is 1.66. The molecule has 0 saturated carbocycles. The van der Waals surface area contributed by atoms with Crippen LogP contribution in [0.25, 0.3) is 0 Å². The first kappa shape index (κ1) is 16.2. The Labute approximate surface area is 118 Å². The molecule has 1 unspecified atom stereocenters. The van der Waals surface area contributed by atoms with Crippen LogP contribution >= 0.6 is 0 Å². The van der Waals surface area contributed by atoms with E-state index in [1.54, 1.807) is 12.1 Å². The smallest absolute Gasteiger partial charge is 0.315 e. The van der Waals surface area contributed by atoms with Gasteiger partial charge in [-0.3, -0.25) is 0 Å². The zero-order chi connectivity index (χ0) is 14.8. The molecule has 0 aliphatic rings. The van der Waals surface area contributed by atoms with Crippen molar-refractivity contribution in [2.45, 2.75) is 25.8 Å². The van der Waals surface area contributed by atoms with E-state index in [4.69, 9.17) is 9.84 Å². The molecule has 0 fully saturated rings. The third-order valence-corrected chi connectivity index (χ3v) is 2.76. The summed E-state index contributed by atoms with van der Waals surface area (Å²) in [5, 5.41) is 14.2. The molecule has 0 spiro atoms.